The van der Waals surface area contributed by atoms with E-state index in [2.05, 4.69) is 26.1 Å². The van der Waals surface area contributed by atoms with Gasteiger partial charge in [-0.3, -0.25) is 0 Å². The van der Waals surface area contributed by atoms with Gasteiger partial charge in [0.2, 0.25) is 0 Å². The molecule has 0 bridgehead atoms. The third-order valence-electron chi connectivity index (χ3n) is 3.80. The molecule has 0 amide bonds. The second-order valence-electron chi connectivity index (χ2n) is 5.85. The highest BCUT2D eigenvalue weighted by atomic mass is 16.3. The van der Waals surface area contributed by atoms with E-state index in [0.717, 1.165) is 18.9 Å². The van der Waals surface area contributed by atoms with E-state index in [4.69, 9.17) is 5.11 Å². The van der Waals surface area contributed by atoms with Crippen molar-refractivity contribution in [1.29, 1.82) is 0 Å². The van der Waals surface area contributed by atoms with Crippen LogP contribution in [-0.4, -0.2) is 24.3 Å². The summed E-state index contributed by atoms with van der Waals surface area (Å²) in [6, 6.07) is 0.644. The van der Waals surface area contributed by atoms with E-state index < -0.39 is 0 Å². The summed E-state index contributed by atoms with van der Waals surface area (Å²) in [5.41, 5.74) is 0.224. The van der Waals surface area contributed by atoms with Crippen molar-refractivity contribution in [3.05, 3.63) is 0 Å². The predicted octanol–water partition coefficient (Wildman–Crippen LogP) is 2.56. The molecule has 1 saturated carbocycles. The van der Waals surface area contributed by atoms with Gasteiger partial charge in [-0.1, -0.05) is 26.7 Å². The van der Waals surface area contributed by atoms with Crippen LogP contribution in [0.15, 0.2) is 0 Å². The van der Waals surface area contributed by atoms with Crippen LogP contribution in [0.3, 0.4) is 0 Å². The molecule has 0 aromatic carbocycles. The van der Waals surface area contributed by atoms with Crippen molar-refractivity contribution in [2.45, 2.75) is 58.9 Å². The molecule has 1 atom stereocenters. The molecule has 0 radical (unpaired) electrons. The van der Waals surface area contributed by atoms with Crippen LogP contribution in [0.25, 0.3) is 0 Å². The Morgan fingerprint density at radius 2 is 1.93 bits per heavy atom. The molecule has 1 rings (SSSR count). The summed E-state index contributed by atoms with van der Waals surface area (Å²) in [6.07, 6.45) is 6.51. The lowest BCUT2D eigenvalue weighted by Gasteiger charge is -2.28. The summed E-state index contributed by atoms with van der Waals surface area (Å²) in [4.78, 5) is 0. The zero-order valence-corrected chi connectivity index (χ0v) is 10.6. The van der Waals surface area contributed by atoms with Crippen LogP contribution in [0.1, 0.15) is 52.9 Å². The molecule has 1 aliphatic carbocycles. The number of aliphatic hydroxyl groups is 1. The molecule has 1 fully saturated rings. The van der Waals surface area contributed by atoms with E-state index >= 15 is 0 Å². The van der Waals surface area contributed by atoms with Crippen molar-refractivity contribution < 1.29 is 5.11 Å². The van der Waals surface area contributed by atoms with Crippen LogP contribution in [-0.2, 0) is 0 Å². The molecule has 90 valence electrons. The normalized spacial score (nSPS) is 20.8. The highest BCUT2D eigenvalue weighted by Gasteiger charge is 2.23. The van der Waals surface area contributed by atoms with Gasteiger partial charge in [0.05, 0.1) is 0 Å². The van der Waals surface area contributed by atoms with E-state index in [9.17, 15) is 0 Å². The Morgan fingerprint density at radius 3 is 2.47 bits per heavy atom. The summed E-state index contributed by atoms with van der Waals surface area (Å²) in [7, 11) is 0. The summed E-state index contributed by atoms with van der Waals surface area (Å²) in [6.45, 7) is 8.07. The van der Waals surface area contributed by atoms with E-state index in [1.165, 1.54) is 25.7 Å². The first kappa shape index (κ1) is 13.0. The average molecular weight is 213 g/mol. The molecular formula is C13H27NO. The standard InChI is InChI=1S/C13H27NO/c1-11(12-6-4-5-7-12)14-10-13(2,3)8-9-15/h11-12,14-15H,4-10H2,1-3H3. The Kier molecular flexibility index (Phi) is 5.07. The van der Waals surface area contributed by atoms with Gasteiger partial charge < -0.3 is 10.4 Å². The van der Waals surface area contributed by atoms with Crippen LogP contribution in [0.4, 0.5) is 0 Å². The molecule has 0 spiro atoms. The number of hydrogen-bond donors (Lipinski definition) is 2. The van der Waals surface area contributed by atoms with Crippen molar-refractivity contribution in [3.8, 4) is 0 Å². The largest absolute Gasteiger partial charge is 0.396 e. The quantitative estimate of drug-likeness (QED) is 0.711. The van der Waals surface area contributed by atoms with Gasteiger partial charge in [-0.15, -0.1) is 0 Å². The number of rotatable bonds is 6. The molecule has 1 aliphatic rings. The van der Waals surface area contributed by atoms with E-state index in [0.29, 0.717) is 12.6 Å². The maximum atomic E-state index is 8.95. The zero-order valence-electron chi connectivity index (χ0n) is 10.6. The van der Waals surface area contributed by atoms with Gasteiger partial charge in [-0.05, 0) is 37.5 Å². The summed E-state index contributed by atoms with van der Waals surface area (Å²) in [5.74, 6) is 0.884. The molecule has 1 unspecified atom stereocenters. The average Bonchev–Trinajstić information content (AvgIpc) is 2.67. The minimum Gasteiger partial charge on any atom is -0.396 e. The molecule has 0 heterocycles. The predicted molar refractivity (Wildman–Crippen MR) is 64.9 cm³/mol. The van der Waals surface area contributed by atoms with Crippen molar-refractivity contribution in [3.63, 3.8) is 0 Å². The summed E-state index contributed by atoms with van der Waals surface area (Å²) < 4.78 is 0. The van der Waals surface area contributed by atoms with Crippen LogP contribution < -0.4 is 5.32 Å². The van der Waals surface area contributed by atoms with Gasteiger partial charge in [-0.2, -0.15) is 0 Å². The highest BCUT2D eigenvalue weighted by Crippen LogP contribution is 2.28. The lowest BCUT2D eigenvalue weighted by atomic mass is 9.88. The number of aliphatic hydroxyl groups excluding tert-OH is 1. The molecule has 2 nitrogen and oxygen atoms in total. The summed E-state index contributed by atoms with van der Waals surface area (Å²) in [5, 5.41) is 12.6. The van der Waals surface area contributed by atoms with Gasteiger partial charge in [0.15, 0.2) is 0 Å². The van der Waals surface area contributed by atoms with Crippen LogP contribution in [0, 0.1) is 11.3 Å². The Hall–Kier alpha value is -0.0800. The second-order valence-corrected chi connectivity index (χ2v) is 5.85. The third kappa shape index (κ3) is 4.52. The molecule has 0 aromatic heterocycles. The van der Waals surface area contributed by atoms with Gasteiger partial charge in [0.25, 0.3) is 0 Å². The third-order valence-corrected chi connectivity index (χ3v) is 3.80. The lowest BCUT2D eigenvalue weighted by molar-refractivity contribution is 0.198. The molecule has 0 aliphatic heterocycles. The molecule has 2 N–H and O–H groups in total. The zero-order chi connectivity index (χ0) is 11.3. The van der Waals surface area contributed by atoms with Gasteiger partial charge >= 0.3 is 0 Å². The number of nitrogens with one attached hydrogen (secondary N) is 1. The van der Waals surface area contributed by atoms with Crippen molar-refractivity contribution in [2.24, 2.45) is 11.3 Å². The first-order chi connectivity index (χ1) is 7.05. The lowest BCUT2D eigenvalue weighted by Crippen LogP contribution is -2.39. The Morgan fingerprint density at radius 1 is 1.33 bits per heavy atom. The maximum absolute atomic E-state index is 8.95. The van der Waals surface area contributed by atoms with E-state index in [-0.39, 0.29) is 5.41 Å². The Balaban J connectivity index is 2.23. The molecule has 15 heavy (non-hydrogen) atoms. The fourth-order valence-electron chi connectivity index (χ4n) is 2.45. The van der Waals surface area contributed by atoms with Crippen LogP contribution >= 0.6 is 0 Å². The van der Waals surface area contributed by atoms with Gasteiger partial charge in [-0.25, -0.2) is 0 Å². The van der Waals surface area contributed by atoms with Crippen LogP contribution in [0.5, 0.6) is 0 Å². The van der Waals surface area contributed by atoms with Crippen molar-refractivity contribution >= 4 is 0 Å². The monoisotopic (exact) mass is 213 g/mol. The Labute approximate surface area is 94.5 Å². The first-order valence-electron chi connectivity index (χ1n) is 6.39. The molecular weight excluding hydrogens is 186 g/mol. The van der Waals surface area contributed by atoms with Crippen LogP contribution in [0.2, 0.25) is 0 Å². The van der Waals surface area contributed by atoms with E-state index in [1.54, 1.807) is 0 Å². The maximum Gasteiger partial charge on any atom is 0.0436 e. The fraction of sp³-hybridized carbons (Fsp3) is 1.00. The van der Waals surface area contributed by atoms with Crippen molar-refractivity contribution in [1.82, 2.24) is 5.32 Å². The number of hydrogen-bond acceptors (Lipinski definition) is 2. The van der Waals surface area contributed by atoms with Gasteiger partial charge in [0, 0.05) is 19.2 Å². The minimum absolute atomic E-state index is 0.224. The molecule has 0 saturated heterocycles. The minimum atomic E-state index is 0.224. The first-order valence-corrected chi connectivity index (χ1v) is 6.39. The molecule has 2 heteroatoms. The highest BCUT2D eigenvalue weighted by molar-refractivity contribution is 4.80. The van der Waals surface area contributed by atoms with Crippen molar-refractivity contribution in [2.75, 3.05) is 13.2 Å². The smallest absolute Gasteiger partial charge is 0.0436 e. The van der Waals surface area contributed by atoms with E-state index in [1.807, 2.05) is 0 Å². The topological polar surface area (TPSA) is 32.3 Å². The summed E-state index contributed by atoms with van der Waals surface area (Å²) >= 11 is 0. The second kappa shape index (κ2) is 5.86. The molecule has 0 aromatic rings. The van der Waals surface area contributed by atoms with Gasteiger partial charge in [0.1, 0.15) is 0 Å². The Bertz CT molecular complexity index is 173. The fourth-order valence-corrected chi connectivity index (χ4v) is 2.45. The SMILES string of the molecule is CC(NCC(C)(C)CCO)C1CCCC1.